The first-order chi connectivity index (χ1) is 31.0. The van der Waals surface area contributed by atoms with Crippen LogP contribution in [0.15, 0.2) is 181 Å². The summed E-state index contributed by atoms with van der Waals surface area (Å²) >= 11 is 0. The Morgan fingerprint density at radius 3 is 1.88 bits per heavy atom. The number of amides is 2. The molecule has 64 heavy (non-hydrogen) atoms. The number of benzene rings is 6. The molecule has 0 spiro atoms. The Morgan fingerprint density at radius 1 is 0.750 bits per heavy atom. The molecule has 6 aromatic rings. The molecule has 8 nitrogen and oxygen atoms in total. The van der Waals surface area contributed by atoms with Gasteiger partial charge in [-0.3, -0.25) is 14.5 Å². The van der Waals surface area contributed by atoms with Gasteiger partial charge in [-0.15, -0.1) is 0 Å². The highest BCUT2D eigenvalue weighted by Crippen LogP contribution is 2.48. The van der Waals surface area contributed by atoms with Crippen LogP contribution in [-0.4, -0.2) is 54.8 Å². The third kappa shape index (κ3) is 8.90. The number of hydrogen-bond donors (Lipinski definition) is 4. The van der Waals surface area contributed by atoms with Gasteiger partial charge in [0.1, 0.15) is 5.75 Å². The molecule has 4 atom stereocenters. The largest absolute Gasteiger partial charge is 0.507 e. The average molecular weight is 869 g/mol. The van der Waals surface area contributed by atoms with Crippen molar-refractivity contribution < 1.29 is 29.3 Å². The lowest BCUT2D eigenvalue weighted by molar-refractivity contribution is -0.123. The number of nitrogens with zero attached hydrogens (tertiary/aromatic N) is 1. The molecule has 1 aliphatic heterocycles. The van der Waals surface area contributed by atoms with Crippen LogP contribution in [0.5, 0.6) is 5.75 Å². The molecule has 1 saturated heterocycles. The Hall–Kier alpha value is -6.36. The molecule has 6 aromatic carbocycles. The fraction of sp³-hybridized carbons (Fsp3) is 0.236. The molecule has 2 aliphatic rings. The molecule has 326 valence electrons. The number of rotatable bonds is 15. The van der Waals surface area contributed by atoms with Crippen LogP contribution in [0.3, 0.4) is 0 Å². The number of aromatic hydroxyl groups is 1. The smallest absolute Gasteiger partial charge is 0.261 e. The fourth-order valence-corrected chi connectivity index (χ4v) is 14.4. The number of fused-ring (bicyclic) bond motifs is 1. The van der Waals surface area contributed by atoms with Crippen LogP contribution >= 0.6 is 0 Å². The summed E-state index contributed by atoms with van der Waals surface area (Å²) in [6.45, 7) is 6.27. The van der Waals surface area contributed by atoms with E-state index < -0.39 is 38.8 Å². The molecule has 8 rings (SSSR count). The van der Waals surface area contributed by atoms with E-state index in [-0.39, 0.29) is 42.1 Å². The zero-order chi connectivity index (χ0) is 44.8. The quantitative estimate of drug-likeness (QED) is 0.0352. The number of nitrogens with one attached hydrogen (secondary N) is 1. The number of carbonyl (C=O) groups is 2. The molecule has 0 saturated carbocycles. The fourth-order valence-electron chi connectivity index (χ4n) is 9.88. The first-order valence-corrected chi connectivity index (χ1v) is 24.0. The molecule has 1 heterocycles. The Kier molecular flexibility index (Phi) is 13.3. The summed E-state index contributed by atoms with van der Waals surface area (Å²) in [6, 6.07) is 54.6. The maximum absolute atomic E-state index is 14.7. The highest BCUT2D eigenvalue weighted by Gasteiger charge is 2.56. The van der Waals surface area contributed by atoms with Gasteiger partial charge in [-0.1, -0.05) is 148 Å². The van der Waals surface area contributed by atoms with E-state index >= 15 is 0 Å². The first-order valence-electron chi connectivity index (χ1n) is 22.1. The molecule has 0 unspecified atom stereocenters. The Labute approximate surface area is 377 Å². The number of hydrogen-bond acceptors (Lipinski definition) is 7. The van der Waals surface area contributed by atoms with Crippen molar-refractivity contribution in [2.24, 2.45) is 17.8 Å². The van der Waals surface area contributed by atoms with Crippen molar-refractivity contribution >= 4 is 59.2 Å². The number of aliphatic hydroxyl groups excluding tert-OH is 2. The zero-order valence-corrected chi connectivity index (χ0v) is 37.6. The van der Waals surface area contributed by atoms with Crippen LogP contribution in [0.4, 0.5) is 17.1 Å². The molecule has 9 heteroatoms. The van der Waals surface area contributed by atoms with Crippen molar-refractivity contribution in [2.75, 3.05) is 23.4 Å². The number of para-hydroxylation sites is 2. The van der Waals surface area contributed by atoms with E-state index in [0.29, 0.717) is 23.2 Å². The molecule has 1 fully saturated rings. The molecule has 2 amide bonds. The van der Waals surface area contributed by atoms with Crippen LogP contribution in [0.1, 0.15) is 51.2 Å². The van der Waals surface area contributed by atoms with Crippen LogP contribution in [-0.2, 0) is 14.0 Å². The maximum Gasteiger partial charge on any atom is 0.261 e. The maximum atomic E-state index is 14.7. The van der Waals surface area contributed by atoms with Crippen molar-refractivity contribution in [1.82, 2.24) is 0 Å². The van der Waals surface area contributed by atoms with E-state index in [2.05, 4.69) is 50.4 Å². The van der Waals surface area contributed by atoms with E-state index in [1.165, 1.54) is 4.90 Å². The van der Waals surface area contributed by atoms with Crippen molar-refractivity contribution in [1.29, 1.82) is 0 Å². The average Bonchev–Trinajstić information content (AvgIpc) is 3.56. The minimum atomic E-state index is -3.10. The number of phenols is 1. The first kappa shape index (κ1) is 44.3. The number of anilines is 3. The lowest BCUT2D eigenvalue weighted by atomic mass is 9.68. The van der Waals surface area contributed by atoms with Gasteiger partial charge >= 0.3 is 0 Å². The normalized spacial score (nSPS) is 18.5. The van der Waals surface area contributed by atoms with Crippen molar-refractivity contribution in [3.05, 3.63) is 192 Å². The van der Waals surface area contributed by atoms with Crippen LogP contribution < -0.4 is 20.6 Å². The SMILES string of the molecule is CC(C)(C)[Si](OCC1=C([C@H](O)CC/C(=C/c2ccccc2O)c2ccccc2)[C@H](CO)[C@@H]2C(=O)N(c3ccc(Nc4ccccc4)cc3)C(=O)[C@@H]2C1)(c1ccccc1)c1ccccc1. The van der Waals surface area contributed by atoms with E-state index in [1.54, 1.807) is 24.3 Å². The molecular formula is C55H56N2O6Si. The third-order valence-corrected chi connectivity index (χ3v) is 17.9. The number of aliphatic hydroxyl groups is 2. The molecule has 0 aromatic heterocycles. The van der Waals surface area contributed by atoms with Crippen molar-refractivity contribution in [2.45, 2.75) is 51.2 Å². The molecular weight excluding hydrogens is 813 g/mol. The number of carbonyl (C=O) groups excluding carboxylic acids is 2. The Bertz CT molecular complexity index is 2570. The third-order valence-electron chi connectivity index (χ3n) is 12.9. The highest BCUT2D eigenvalue weighted by atomic mass is 28.4. The number of phenolic OH excluding ortho intramolecular Hbond substituents is 1. The predicted molar refractivity (Wildman–Crippen MR) is 259 cm³/mol. The standard InChI is InChI=1S/C55H56N2O6Si/c1-55(2,3)64(45-23-12-6-13-24-45,46-25-14-7-15-26-46)63-37-41-35-47-52(54(62)57(53(47)61)44-31-29-43(30-32-44)56-42-21-10-5-11-22-42)48(36-58)51(41)50(60)33-28-39(38-18-8-4-9-19-38)34-40-20-16-17-27-49(40)59/h4-27,29-32,34,47-48,50,52,56,58-60H,28,33,35-37H2,1-3H3/b39-34-/t47-,48+,50-,52-/m1/s1. The van der Waals surface area contributed by atoms with E-state index in [0.717, 1.165) is 38.5 Å². The van der Waals surface area contributed by atoms with E-state index in [1.807, 2.05) is 127 Å². The lowest BCUT2D eigenvalue weighted by Crippen LogP contribution is -2.66. The molecule has 1 aliphatic carbocycles. The summed E-state index contributed by atoms with van der Waals surface area (Å²) in [6.07, 6.45) is 1.71. The van der Waals surface area contributed by atoms with Gasteiger partial charge in [-0.2, -0.15) is 0 Å². The van der Waals surface area contributed by atoms with Crippen molar-refractivity contribution in [3.63, 3.8) is 0 Å². The van der Waals surface area contributed by atoms with Crippen LogP contribution in [0.25, 0.3) is 11.6 Å². The van der Waals surface area contributed by atoms with E-state index in [9.17, 15) is 24.9 Å². The predicted octanol–water partition coefficient (Wildman–Crippen LogP) is 9.51. The Balaban J connectivity index is 1.18. The molecule has 4 N–H and O–H groups in total. The van der Waals surface area contributed by atoms with Crippen molar-refractivity contribution in [3.8, 4) is 5.75 Å². The second kappa shape index (κ2) is 19.2. The number of imide groups is 1. The minimum absolute atomic E-state index is 0.0972. The summed E-state index contributed by atoms with van der Waals surface area (Å²) in [5.41, 5.74) is 5.97. The van der Waals surface area contributed by atoms with Gasteiger partial charge in [0, 0.05) is 22.9 Å². The molecule has 0 radical (unpaired) electrons. The van der Waals surface area contributed by atoms with Gasteiger partial charge < -0.3 is 25.1 Å². The van der Waals surface area contributed by atoms with Gasteiger partial charge in [0.25, 0.3) is 8.32 Å². The second-order valence-corrected chi connectivity index (χ2v) is 22.1. The summed E-state index contributed by atoms with van der Waals surface area (Å²) in [4.78, 5) is 30.6. The van der Waals surface area contributed by atoms with E-state index in [4.69, 9.17) is 4.43 Å². The van der Waals surface area contributed by atoms with Crippen LogP contribution in [0.2, 0.25) is 5.04 Å². The topological polar surface area (TPSA) is 119 Å². The summed E-state index contributed by atoms with van der Waals surface area (Å²) in [5, 5.41) is 39.9. The summed E-state index contributed by atoms with van der Waals surface area (Å²) in [7, 11) is -3.10. The zero-order valence-electron chi connectivity index (χ0n) is 36.6. The van der Waals surface area contributed by atoms with Crippen LogP contribution in [0, 0.1) is 17.8 Å². The lowest BCUT2D eigenvalue weighted by Gasteiger charge is -2.44. The summed E-state index contributed by atoms with van der Waals surface area (Å²) in [5.74, 6) is -3.05. The highest BCUT2D eigenvalue weighted by molar-refractivity contribution is 6.99. The Morgan fingerprint density at radius 2 is 1.30 bits per heavy atom. The van der Waals surface area contributed by atoms with Gasteiger partial charge in [-0.25, -0.2) is 0 Å². The second-order valence-electron chi connectivity index (χ2n) is 17.8. The van der Waals surface area contributed by atoms with Gasteiger partial charge in [-0.05, 0) is 105 Å². The minimum Gasteiger partial charge on any atom is -0.507 e. The monoisotopic (exact) mass is 868 g/mol. The summed E-state index contributed by atoms with van der Waals surface area (Å²) < 4.78 is 7.48. The molecule has 0 bridgehead atoms. The van der Waals surface area contributed by atoms with Gasteiger partial charge in [0.2, 0.25) is 11.8 Å². The number of allylic oxidation sites excluding steroid dienone is 1. The van der Waals surface area contributed by atoms with Gasteiger partial charge in [0.15, 0.2) is 0 Å². The van der Waals surface area contributed by atoms with Gasteiger partial charge in [0.05, 0.1) is 36.8 Å².